The highest BCUT2D eigenvalue weighted by Gasteiger charge is 2.06. The van der Waals surface area contributed by atoms with Crippen LogP contribution in [-0.4, -0.2) is 30.7 Å². The minimum atomic E-state index is 0.427. The molecule has 0 radical (unpaired) electrons. The van der Waals surface area contributed by atoms with Gasteiger partial charge in [-0.1, -0.05) is 13.8 Å². The van der Waals surface area contributed by atoms with E-state index in [0.29, 0.717) is 5.92 Å². The van der Waals surface area contributed by atoms with Crippen LogP contribution < -0.4 is 5.32 Å². The molecule has 0 fully saturated rings. The lowest BCUT2D eigenvalue weighted by Gasteiger charge is -2.09. The molecule has 16 heavy (non-hydrogen) atoms. The molecule has 0 aliphatic carbocycles. The summed E-state index contributed by atoms with van der Waals surface area (Å²) in [5.74, 6) is 2.22. The van der Waals surface area contributed by atoms with Gasteiger partial charge < -0.3 is 10.1 Å². The third-order valence-corrected chi connectivity index (χ3v) is 2.39. The van der Waals surface area contributed by atoms with E-state index in [9.17, 15) is 0 Å². The fourth-order valence-electron chi connectivity index (χ4n) is 1.43. The Morgan fingerprint density at radius 3 is 2.69 bits per heavy atom. The highest BCUT2D eigenvalue weighted by atomic mass is 16.5. The van der Waals surface area contributed by atoms with Gasteiger partial charge in [0.25, 0.3) is 0 Å². The molecular weight excluding hydrogens is 202 g/mol. The molecule has 4 heteroatoms. The van der Waals surface area contributed by atoms with Gasteiger partial charge >= 0.3 is 0 Å². The number of aryl methyl sites for hydroxylation is 1. The quantitative estimate of drug-likeness (QED) is 0.751. The maximum atomic E-state index is 5.03. The van der Waals surface area contributed by atoms with E-state index >= 15 is 0 Å². The molecule has 1 N–H and O–H groups in total. The topological polar surface area (TPSA) is 47.0 Å². The Morgan fingerprint density at radius 2 is 2.12 bits per heavy atom. The summed E-state index contributed by atoms with van der Waals surface area (Å²) in [6.07, 6.45) is 1.82. The van der Waals surface area contributed by atoms with E-state index in [1.54, 1.807) is 7.11 Å². The number of methoxy groups -OCH3 is 1. The molecule has 0 amide bonds. The fraction of sp³-hybridized carbons (Fsp3) is 0.667. The minimum Gasteiger partial charge on any atom is -0.385 e. The number of aromatic nitrogens is 2. The molecule has 0 saturated carbocycles. The minimum absolute atomic E-state index is 0.427. The van der Waals surface area contributed by atoms with E-state index in [2.05, 4.69) is 29.1 Å². The first-order chi connectivity index (χ1) is 7.67. The monoisotopic (exact) mass is 223 g/mol. The normalized spacial score (nSPS) is 10.8. The van der Waals surface area contributed by atoms with Crippen LogP contribution in [0.3, 0.4) is 0 Å². The molecule has 1 aromatic rings. The summed E-state index contributed by atoms with van der Waals surface area (Å²) in [6.45, 7) is 5.03. The Balaban J connectivity index is 2.78. The predicted octanol–water partition coefficient (Wildman–Crippen LogP) is 2.22. The SMILES string of the molecule is CNc1cc(C(C)C)nc(CCCOC)n1. The molecule has 1 aromatic heterocycles. The fourth-order valence-corrected chi connectivity index (χ4v) is 1.43. The smallest absolute Gasteiger partial charge is 0.131 e. The Hall–Kier alpha value is -1.16. The maximum Gasteiger partial charge on any atom is 0.131 e. The molecule has 1 heterocycles. The van der Waals surface area contributed by atoms with E-state index < -0.39 is 0 Å². The molecule has 0 aliphatic rings. The highest BCUT2D eigenvalue weighted by Crippen LogP contribution is 2.15. The van der Waals surface area contributed by atoms with Gasteiger partial charge in [0.2, 0.25) is 0 Å². The second-order valence-electron chi connectivity index (χ2n) is 4.10. The first kappa shape index (κ1) is 12.9. The number of ether oxygens (including phenoxy) is 1. The van der Waals surface area contributed by atoms with Gasteiger partial charge in [0, 0.05) is 38.9 Å². The van der Waals surface area contributed by atoms with Gasteiger partial charge in [-0.15, -0.1) is 0 Å². The van der Waals surface area contributed by atoms with Crippen LogP contribution in [-0.2, 0) is 11.2 Å². The van der Waals surface area contributed by atoms with Gasteiger partial charge in [-0.05, 0) is 12.3 Å². The Labute approximate surface area is 97.5 Å². The van der Waals surface area contributed by atoms with Gasteiger partial charge in [0.1, 0.15) is 11.6 Å². The molecule has 0 saturated heterocycles. The van der Waals surface area contributed by atoms with Crippen molar-refractivity contribution in [3.63, 3.8) is 0 Å². The summed E-state index contributed by atoms with van der Waals surface area (Å²) in [7, 11) is 3.59. The van der Waals surface area contributed by atoms with Gasteiger partial charge in [-0.2, -0.15) is 0 Å². The number of anilines is 1. The van der Waals surface area contributed by atoms with Crippen LogP contribution in [0.25, 0.3) is 0 Å². The van der Waals surface area contributed by atoms with E-state index in [0.717, 1.165) is 36.8 Å². The van der Waals surface area contributed by atoms with Gasteiger partial charge in [-0.25, -0.2) is 9.97 Å². The van der Waals surface area contributed by atoms with Crippen LogP contribution in [0.5, 0.6) is 0 Å². The molecule has 0 spiro atoms. The molecule has 0 unspecified atom stereocenters. The van der Waals surface area contributed by atoms with E-state index in [4.69, 9.17) is 4.74 Å². The number of hydrogen-bond acceptors (Lipinski definition) is 4. The van der Waals surface area contributed by atoms with E-state index in [-0.39, 0.29) is 0 Å². The summed E-state index contributed by atoms with van der Waals surface area (Å²) in [5.41, 5.74) is 1.09. The standard InChI is InChI=1S/C12H21N3O/c1-9(2)10-8-12(13-3)15-11(14-10)6-5-7-16-4/h8-9H,5-7H2,1-4H3,(H,13,14,15). The second-order valence-corrected chi connectivity index (χ2v) is 4.10. The molecule has 0 atom stereocenters. The van der Waals surface area contributed by atoms with E-state index in [1.807, 2.05) is 13.1 Å². The zero-order valence-electron chi connectivity index (χ0n) is 10.6. The summed E-state index contributed by atoms with van der Waals surface area (Å²) in [5, 5.41) is 3.07. The summed E-state index contributed by atoms with van der Waals surface area (Å²) >= 11 is 0. The molecule has 1 rings (SSSR count). The maximum absolute atomic E-state index is 5.03. The highest BCUT2D eigenvalue weighted by molar-refractivity contribution is 5.36. The third-order valence-electron chi connectivity index (χ3n) is 2.39. The number of rotatable bonds is 6. The Morgan fingerprint density at radius 1 is 1.38 bits per heavy atom. The number of nitrogens with zero attached hydrogens (tertiary/aromatic N) is 2. The van der Waals surface area contributed by atoms with Crippen molar-refractivity contribution in [2.45, 2.75) is 32.6 Å². The lowest BCUT2D eigenvalue weighted by molar-refractivity contribution is 0.194. The summed E-state index contributed by atoms with van der Waals surface area (Å²) in [4.78, 5) is 8.97. The van der Waals surface area contributed by atoms with Crippen molar-refractivity contribution in [2.24, 2.45) is 0 Å². The lowest BCUT2D eigenvalue weighted by atomic mass is 10.1. The summed E-state index contributed by atoms with van der Waals surface area (Å²) < 4.78 is 5.03. The molecule has 0 aromatic carbocycles. The van der Waals surface area contributed by atoms with Crippen LogP contribution in [0, 0.1) is 0 Å². The average Bonchev–Trinajstić information content (AvgIpc) is 2.29. The second kappa shape index (κ2) is 6.43. The number of hydrogen-bond donors (Lipinski definition) is 1. The first-order valence-corrected chi connectivity index (χ1v) is 5.72. The lowest BCUT2D eigenvalue weighted by Crippen LogP contribution is -2.06. The molecular formula is C12H21N3O. The summed E-state index contributed by atoms with van der Waals surface area (Å²) in [6, 6.07) is 2.00. The first-order valence-electron chi connectivity index (χ1n) is 5.72. The molecule has 0 aliphatic heterocycles. The van der Waals surface area contributed by atoms with Crippen LogP contribution in [0.4, 0.5) is 5.82 Å². The van der Waals surface area contributed by atoms with Crippen LogP contribution in [0.2, 0.25) is 0 Å². The largest absolute Gasteiger partial charge is 0.385 e. The predicted molar refractivity (Wildman–Crippen MR) is 65.9 cm³/mol. The average molecular weight is 223 g/mol. The van der Waals surface area contributed by atoms with Crippen molar-refractivity contribution < 1.29 is 4.74 Å². The van der Waals surface area contributed by atoms with Gasteiger partial charge in [0.05, 0.1) is 0 Å². The van der Waals surface area contributed by atoms with Crippen molar-refractivity contribution in [1.29, 1.82) is 0 Å². The van der Waals surface area contributed by atoms with E-state index in [1.165, 1.54) is 0 Å². The van der Waals surface area contributed by atoms with Crippen LogP contribution in [0.15, 0.2) is 6.07 Å². The third kappa shape index (κ3) is 3.77. The van der Waals surface area contributed by atoms with Gasteiger partial charge in [0.15, 0.2) is 0 Å². The van der Waals surface area contributed by atoms with Crippen molar-refractivity contribution in [3.8, 4) is 0 Å². The number of nitrogens with one attached hydrogen (secondary N) is 1. The van der Waals surface area contributed by atoms with Crippen molar-refractivity contribution in [3.05, 3.63) is 17.6 Å². The molecule has 90 valence electrons. The molecule has 0 bridgehead atoms. The van der Waals surface area contributed by atoms with Crippen LogP contribution >= 0.6 is 0 Å². The van der Waals surface area contributed by atoms with Crippen molar-refractivity contribution >= 4 is 5.82 Å². The van der Waals surface area contributed by atoms with Crippen molar-refractivity contribution in [2.75, 3.05) is 26.1 Å². The zero-order chi connectivity index (χ0) is 12.0. The molecule has 4 nitrogen and oxygen atoms in total. The Kier molecular flexibility index (Phi) is 5.19. The Bertz CT molecular complexity index is 326. The zero-order valence-corrected chi connectivity index (χ0v) is 10.6. The van der Waals surface area contributed by atoms with Gasteiger partial charge in [-0.3, -0.25) is 0 Å². The van der Waals surface area contributed by atoms with Crippen LogP contribution in [0.1, 0.15) is 37.7 Å². The van der Waals surface area contributed by atoms with Crippen molar-refractivity contribution in [1.82, 2.24) is 9.97 Å².